The number of nitrogens with zero attached hydrogens (tertiary/aromatic N) is 3. The van der Waals surface area contributed by atoms with Gasteiger partial charge in [0.05, 0.1) is 29.9 Å². The van der Waals surface area contributed by atoms with Crippen LogP contribution in [0.4, 0.5) is 5.69 Å². The normalized spacial score (nSPS) is 12.9. The average Bonchev–Trinajstić information content (AvgIpc) is 2.93. The molecule has 2 aromatic carbocycles. The van der Waals surface area contributed by atoms with Gasteiger partial charge in [0.15, 0.2) is 49.4 Å². The summed E-state index contributed by atoms with van der Waals surface area (Å²) in [6.45, 7) is 1.18. The number of fused-ring (bicyclic) bond motifs is 2. The van der Waals surface area contributed by atoms with Crippen molar-refractivity contribution in [3.05, 3.63) is 118 Å². The third-order valence-corrected chi connectivity index (χ3v) is 9.10. The largest absolute Gasteiger partial charge is 0.397 e. The SMILES string of the molecule is Nc1c(S(=O)(=O)N(CC[n+]2ccccc2)CC[n+]2ccccc2)cc(Br)c2c1C(=O)c1ccccc1C2=O. The number of hydrogen-bond acceptors (Lipinski definition) is 5. The zero-order valence-corrected chi connectivity index (χ0v) is 22.7. The second-order valence-electron chi connectivity index (χ2n) is 8.85. The van der Waals surface area contributed by atoms with Crippen LogP contribution >= 0.6 is 15.9 Å². The highest BCUT2D eigenvalue weighted by Crippen LogP contribution is 2.39. The number of carbonyl (C=O) groups is 2. The molecule has 10 heteroatoms. The smallest absolute Gasteiger partial charge is 0.245 e. The minimum Gasteiger partial charge on any atom is -0.397 e. The molecule has 1 aliphatic carbocycles. The molecular formula is C28H25BrN4O4S+2. The lowest BCUT2D eigenvalue weighted by molar-refractivity contribution is -0.700. The fourth-order valence-corrected chi connectivity index (χ4v) is 6.90. The van der Waals surface area contributed by atoms with Crippen LogP contribution in [0.3, 0.4) is 0 Å². The van der Waals surface area contributed by atoms with E-state index in [1.807, 2.05) is 70.3 Å². The summed E-state index contributed by atoms with van der Waals surface area (Å²) in [6, 6.07) is 19.1. The molecule has 8 nitrogen and oxygen atoms in total. The fourth-order valence-electron chi connectivity index (χ4n) is 4.57. The minimum absolute atomic E-state index is 0.0800. The summed E-state index contributed by atoms with van der Waals surface area (Å²) in [5, 5.41) is 0. The van der Waals surface area contributed by atoms with Gasteiger partial charge in [-0.3, -0.25) is 9.59 Å². The molecule has 1 aliphatic rings. The number of rotatable bonds is 8. The van der Waals surface area contributed by atoms with Gasteiger partial charge in [0.1, 0.15) is 4.90 Å². The van der Waals surface area contributed by atoms with E-state index in [1.54, 1.807) is 24.3 Å². The maximum absolute atomic E-state index is 14.1. The second-order valence-corrected chi connectivity index (χ2v) is 11.6. The molecule has 0 spiro atoms. The van der Waals surface area contributed by atoms with Crippen molar-refractivity contribution in [2.24, 2.45) is 0 Å². The van der Waals surface area contributed by atoms with Crippen LogP contribution in [-0.2, 0) is 23.1 Å². The van der Waals surface area contributed by atoms with Crippen LogP contribution in [0, 0.1) is 0 Å². The quantitative estimate of drug-likeness (QED) is 0.220. The van der Waals surface area contributed by atoms with Crippen molar-refractivity contribution in [1.29, 1.82) is 0 Å². The van der Waals surface area contributed by atoms with Gasteiger partial charge in [0.2, 0.25) is 10.0 Å². The van der Waals surface area contributed by atoms with Gasteiger partial charge < -0.3 is 5.73 Å². The summed E-state index contributed by atoms with van der Waals surface area (Å²) >= 11 is 3.36. The number of nitrogens with two attached hydrogens (primary N) is 1. The van der Waals surface area contributed by atoms with Gasteiger partial charge in [-0.1, -0.05) is 36.4 Å². The summed E-state index contributed by atoms with van der Waals surface area (Å²) in [5.41, 5.74) is 6.65. The van der Waals surface area contributed by atoms with E-state index in [1.165, 1.54) is 10.4 Å². The van der Waals surface area contributed by atoms with Crippen LogP contribution in [0.1, 0.15) is 31.8 Å². The summed E-state index contributed by atoms with van der Waals surface area (Å²) in [5.74, 6) is -0.854. The average molecular weight is 594 g/mol. The topological polar surface area (TPSA) is 105 Å². The molecule has 0 unspecified atom stereocenters. The van der Waals surface area contributed by atoms with E-state index in [-0.39, 0.29) is 56.2 Å². The molecule has 0 aliphatic heterocycles. The lowest BCUT2D eigenvalue weighted by Gasteiger charge is -2.25. The van der Waals surface area contributed by atoms with Crippen LogP contribution < -0.4 is 14.9 Å². The van der Waals surface area contributed by atoms with Crippen molar-refractivity contribution in [2.75, 3.05) is 18.8 Å². The molecule has 0 saturated heterocycles. The molecule has 0 fully saturated rings. The number of benzene rings is 2. The third kappa shape index (κ3) is 4.78. The summed E-state index contributed by atoms with van der Waals surface area (Å²) in [6.07, 6.45) is 7.45. The number of carbonyl (C=O) groups excluding carboxylic acids is 2. The van der Waals surface area contributed by atoms with Gasteiger partial charge in [-0.25, -0.2) is 17.6 Å². The van der Waals surface area contributed by atoms with E-state index >= 15 is 0 Å². The molecule has 4 aromatic rings. The Kier molecular flexibility index (Phi) is 7.20. The third-order valence-electron chi connectivity index (χ3n) is 6.54. The Morgan fingerprint density at radius 2 is 1.21 bits per heavy atom. The second kappa shape index (κ2) is 10.6. The Balaban J connectivity index is 1.56. The van der Waals surface area contributed by atoms with Gasteiger partial charge in [-0.05, 0) is 22.0 Å². The van der Waals surface area contributed by atoms with Crippen molar-refractivity contribution < 1.29 is 27.1 Å². The van der Waals surface area contributed by atoms with Gasteiger partial charge in [0, 0.05) is 39.9 Å². The van der Waals surface area contributed by atoms with E-state index < -0.39 is 15.8 Å². The molecule has 192 valence electrons. The number of nitrogen functional groups attached to an aromatic ring is 1. The predicted molar refractivity (Wildman–Crippen MR) is 144 cm³/mol. The van der Waals surface area contributed by atoms with Gasteiger partial charge >= 0.3 is 0 Å². The molecule has 2 N–H and O–H groups in total. The molecular weight excluding hydrogens is 568 g/mol. The monoisotopic (exact) mass is 592 g/mol. The molecule has 0 atom stereocenters. The highest BCUT2D eigenvalue weighted by atomic mass is 79.9. The van der Waals surface area contributed by atoms with E-state index in [2.05, 4.69) is 15.9 Å². The zero-order chi connectivity index (χ0) is 26.9. The molecule has 2 aromatic heterocycles. The highest BCUT2D eigenvalue weighted by Gasteiger charge is 2.38. The Bertz CT molecular complexity index is 1600. The number of hydrogen-bond donors (Lipinski definition) is 1. The fraction of sp³-hybridized carbons (Fsp3) is 0.143. The first kappa shape index (κ1) is 25.9. The van der Waals surface area contributed by atoms with Crippen LogP contribution in [0.25, 0.3) is 0 Å². The van der Waals surface area contributed by atoms with Crippen LogP contribution in [0.2, 0.25) is 0 Å². The maximum Gasteiger partial charge on any atom is 0.245 e. The lowest BCUT2D eigenvalue weighted by atomic mass is 9.83. The number of aromatic nitrogens is 2. The Morgan fingerprint density at radius 1 is 0.737 bits per heavy atom. The van der Waals surface area contributed by atoms with E-state index in [0.29, 0.717) is 13.1 Å². The van der Waals surface area contributed by atoms with Crippen molar-refractivity contribution in [3.8, 4) is 0 Å². The van der Waals surface area contributed by atoms with Crippen molar-refractivity contribution in [1.82, 2.24) is 4.31 Å². The van der Waals surface area contributed by atoms with Crippen molar-refractivity contribution >= 4 is 43.2 Å². The number of pyridine rings is 2. The van der Waals surface area contributed by atoms with Crippen LogP contribution in [0.15, 0.2) is 101 Å². The van der Waals surface area contributed by atoms with Gasteiger partial charge in [-0.2, -0.15) is 4.31 Å². The highest BCUT2D eigenvalue weighted by molar-refractivity contribution is 9.10. The Hall–Kier alpha value is -3.73. The standard InChI is InChI=1S/C28H24BrN4O4S/c29-22-19-23(26(30)25-24(22)27(34)20-9-3-4-10-21(20)28(25)35)38(36,37)33(17-15-31-11-5-1-6-12-31)18-16-32-13-7-2-8-14-32/h1-14,19H,15-18H2,(H-,30,35)/q+1/p+1. The van der Waals surface area contributed by atoms with E-state index in [0.717, 1.165) is 0 Å². The number of halogens is 1. The molecule has 5 rings (SSSR count). The lowest BCUT2D eigenvalue weighted by Crippen LogP contribution is -2.46. The first-order valence-electron chi connectivity index (χ1n) is 12.0. The minimum atomic E-state index is -4.16. The molecule has 0 amide bonds. The first-order chi connectivity index (χ1) is 18.3. The number of anilines is 1. The maximum atomic E-state index is 14.1. The molecule has 0 saturated carbocycles. The first-order valence-corrected chi connectivity index (χ1v) is 14.2. The summed E-state index contributed by atoms with van der Waals surface area (Å²) in [4.78, 5) is 26.5. The Labute approximate surface area is 229 Å². The molecule has 2 heterocycles. The summed E-state index contributed by atoms with van der Waals surface area (Å²) in [7, 11) is -4.16. The van der Waals surface area contributed by atoms with Crippen molar-refractivity contribution in [3.63, 3.8) is 0 Å². The summed E-state index contributed by atoms with van der Waals surface area (Å²) < 4.78 is 33.5. The molecule has 38 heavy (non-hydrogen) atoms. The van der Waals surface area contributed by atoms with Gasteiger partial charge in [-0.15, -0.1) is 0 Å². The predicted octanol–water partition coefficient (Wildman–Crippen LogP) is 2.77. The molecule has 0 bridgehead atoms. The van der Waals surface area contributed by atoms with E-state index in [9.17, 15) is 18.0 Å². The number of ketones is 2. The van der Waals surface area contributed by atoms with Crippen LogP contribution in [0.5, 0.6) is 0 Å². The van der Waals surface area contributed by atoms with Crippen LogP contribution in [-0.4, -0.2) is 37.4 Å². The Morgan fingerprint density at radius 3 is 1.71 bits per heavy atom. The van der Waals surface area contributed by atoms with Crippen molar-refractivity contribution in [2.45, 2.75) is 18.0 Å². The van der Waals surface area contributed by atoms with Gasteiger partial charge in [0.25, 0.3) is 0 Å². The molecule has 0 radical (unpaired) electrons. The van der Waals surface area contributed by atoms with E-state index in [4.69, 9.17) is 5.73 Å². The zero-order valence-electron chi connectivity index (χ0n) is 20.3. The number of sulfonamides is 1.